The van der Waals surface area contributed by atoms with Gasteiger partial charge in [0.1, 0.15) is 17.9 Å². The van der Waals surface area contributed by atoms with Crippen LogP contribution in [0.3, 0.4) is 0 Å². The molecule has 3 rings (SSSR count). The van der Waals surface area contributed by atoms with Crippen molar-refractivity contribution in [3.05, 3.63) is 55.8 Å². The first-order valence-corrected chi connectivity index (χ1v) is 6.95. The fraction of sp³-hybridized carbons (Fsp3) is 0.286. The van der Waals surface area contributed by atoms with Crippen molar-refractivity contribution in [3.8, 4) is 5.75 Å². The lowest BCUT2D eigenvalue weighted by molar-refractivity contribution is 0.210. The van der Waals surface area contributed by atoms with Gasteiger partial charge in [0.05, 0.1) is 11.4 Å². The van der Waals surface area contributed by atoms with E-state index in [0.717, 1.165) is 5.69 Å². The van der Waals surface area contributed by atoms with Crippen LogP contribution >= 0.6 is 11.6 Å². The molecule has 0 saturated carbocycles. The van der Waals surface area contributed by atoms with Gasteiger partial charge in [-0.3, -0.25) is 9.59 Å². The Hall–Kier alpha value is -2.21. The predicted octanol–water partition coefficient (Wildman–Crippen LogP) is 1.83. The molecule has 110 valence electrons. The largest absolute Gasteiger partial charge is 0.488 e. The molecule has 1 aromatic heterocycles. The first-order chi connectivity index (χ1) is 10.0. The number of hydrogen-bond acceptors (Lipinski definition) is 4. The molecule has 21 heavy (non-hydrogen) atoms. The molecule has 0 aliphatic carbocycles. The lowest BCUT2D eigenvalue weighted by atomic mass is 9.91. The molecule has 1 unspecified atom stereocenters. The summed E-state index contributed by atoms with van der Waals surface area (Å²) >= 11 is 5.94. The first-order valence-electron chi connectivity index (χ1n) is 6.57. The fourth-order valence-electron chi connectivity index (χ4n) is 2.42. The number of H-pyrrole nitrogens is 2. The number of anilines is 1. The third-order valence-electron chi connectivity index (χ3n) is 3.71. The summed E-state index contributed by atoms with van der Waals surface area (Å²) in [4.78, 5) is 27.8. The van der Waals surface area contributed by atoms with Crippen LogP contribution in [0.15, 0.2) is 34.0 Å². The van der Waals surface area contributed by atoms with E-state index in [-0.39, 0.29) is 0 Å². The van der Waals surface area contributed by atoms with E-state index in [9.17, 15) is 9.59 Å². The van der Waals surface area contributed by atoms with E-state index in [1.807, 2.05) is 13.0 Å². The minimum absolute atomic E-state index is 0.318. The van der Waals surface area contributed by atoms with E-state index >= 15 is 0 Å². The van der Waals surface area contributed by atoms with Crippen LogP contribution in [0.4, 0.5) is 5.69 Å². The number of rotatable bonds is 2. The molecule has 7 heteroatoms. The number of benzene rings is 1. The van der Waals surface area contributed by atoms with Gasteiger partial charge >= 0.3 is 11.1 Å². The zero-order valence-electron chi connectivity index (χ0n) is 11.3. The number of fused-ring (bicyclic) bond motifs is 1. The van der Waals surface area contributed by atoms with Crippen LogP contribution in [0.25, 0.3) is 0 Å². The predicted molar refractivity (Wildman–Crippen MR) is 80.2 cm³/mol. The average molecular weight is 308 g/mol. The Kier molecular flexibility index (Phi) is 3.25. The second kappa shape index (κ2) is 4.96. The lowest BCUT2D eigenvalue weighted by Gasteiger charge is -2.38. The Labute approximate surface area is 125 Å². The molecule has 2 heterocycles. The summed E-state index contributed by atoms with van der Waals surface area (Å²) in [5.74, 6) is 0.665. The molecule has 0 amide bonds. The van der Waals surface area contributed by atoms with Gasteiger partial charge in [0.15, 0.2) is 0 Å². The van der Waals surface area contributed by atoms with E-state index < -0.39 is 16.7 Å². The molecule has 0 fully saturated rings. The molecule has 0 bridgehead atoms. The van der Waals surface area contributed by atoms with Gasteiger partial charge in [0.25, 0.3) is 0 Å². The third-order valence-corrected chi connectivity index (χ3v) is 3.95. The highest BCUT2D eigenvalue weighted by Crippen LogP contribution is 2.39. The molecule has 1 aliphatic rings. The number of halogens is 1. The van der Waals surface area contributed by atoms with Crippen molar-refractivity contribution in [1.29, 1.82) is 0 Å². The van der Waals surface area contributed by atoms with Gasteiger partial charge in [-0.05, 0) is 18.6 Å². The van der Waals surface area contributed by atoms with Gasteiger partial charge in [-0.2, -0.15) is 0 Å². The zero-order valence-corrected chi connectivity index (χ0v) is 12.1. The Bertz CT molecular complexity index is 799. The highest BCUT2D eigenvalue weighted by atomic mass is 35.5. The van der Waals surface area contributed by atoms with E-state index in [1.165, 1.54) is 6.20 Å². The van der Waals surface area contributed by atoms with Crippen LogP contribution in [0.1, 0.15) is 19.0 Å². The second-order valence-electron chi connectivity index (χ2n) is 4.98. The van der Waals surface area contributed by atoms with Crippen LogP contribution in [0.5, 0.6) is 5.75 Å². The molecular formula is C14H14ClN3O3. The minimum atomic E-state index is -0.677. The van der Waals surface area contributed by atoms with Crippen molar-refractivity contribution in [2.75, 3.05) is 11.9 Å². The van der Waals surface area contributed by atoms with Gasteiger partial charge in [-0.25, -0.2) is 0 Å². The maximum absolute atomic E-state index is 11.5. The second-order valence-corrected chi connectivity index (χ2v) is 5.41. The van der Waals surface area contributed by atoms with E-state index in [0.29, 0.717) is 29.5 Å². The molecular weight excluding hydrogens is 294 g/mol. The van der Waals surface area contributed by atoms with Gasteiger partial charge in [-0.1, -0.05) is 18.5 Å². The van der Waals surface area contributed by atoms with Gasteiger partial charge in [0.2, 0.25) is 0 Å². The molecule has 0 spiro atoms. The van der Waals surface area contributed by atoms with E-state index in [2.05, 4.69) is 15.3 Å². The normalized spacial score (nSPS) is 20.3. The summed E-state index contributed by atoms with van der Waals surface area (Å²) in [6, 6.07) is 5.32. The number of hydrogen-bond donors (Lipinski definition) is 3. The Morgan fingerprint density at radius 2 is 2.14 bits per heavy atom. The van der Waals surface area contributed by atoms with Crippen LogP contribution in [-0.4, -0.2) is 16.6 Å². The first kappa shape index (κ1) is 13.8. The van der Waals surface area contributed by atoms with Crippen LogP contribution in [-0.2, 0) is 5.54 Å². The van der Waals surface area contributed by atoms with Gasteiger partial charge in [0, 0.05) is 17.3 Å². The summed E-state index contributed by atoms with van der Waals surface area (Å²) in [7, 11) is 0. The van der Waals surface area contributed by atoms with Crippen LogP contribution in [0.2, 0.25) is 5.02 Å². The van der Waals surface area contributed by atoms with Crippen molar-refractivity contribution < 1.29 is 4.74 Å². The number of aromatic amines is 2. The topological polar surface area (TPSA) is 87.0 Å². The fourth-order valence-corrected chi connectivity index (χ4v) is 2.58. The van der Waals surface area contributed by atoms with Crippen molar-refractivity contribution in [3.63, 3.8) is 0 Å². The monoisotopic (exact) mass is 307 g/mol. The standard InChI is InChI=1S/C14H14ClN3O3/c1-2-14(11-6-16-12(19)13(20)17-11)7-21-10-5-8(15)3-4-9(10)18-14/h3-6,18H,2,7H2,1H3,(H,16,19)(H,17,20). The molecule has 0 radical (unpaired) electrons. The lowest BCUT2D eigenvalue weighted by Crippen LogP contribution is -2.46. The maximum atomic E-state index is 11.5. The van der Waals surface area contributed by atoms with Crippen LogP contribution in [0, 0.1) is 0 Å². The van der Waals surface area contributed by atoms with Crippen molar-refractivity contribution >= 4 is 17.3 Å². The Balaban J connectivity index is 2.06. The van der Waals surface area contributed by atoms with Crippen LogP contribution < -0.4 is 21.2 Å². The molecule has 0 saturated heterocycles. The summed E-state index contributed by atoms with van der Waals surface area (Å²) in [5, 5.41) is 3.97. The number of ether oxygens (including phenoxy) is 1. The highest BCUT2D eigenvalue weighted by molar-refractivity contribution is 6.30. The van der Waals surface area contributed by atoms with Gasteiger partial charge in [-0.15, -0.1) is 0 Å². The number of aromatic nitrogens is 2. The zero-order chi connectivity index (χ0) is 15.0. The third kappa shape index (κ3) is 2.31. The van der Waals surface area contributed by atoms with E-state index in [1.54, 1.807) is 12.1 Å². The molecule has 2 aromatic rings. The maximum Gasteiger partial charge on any atom is 0.313 e. The van der Waals surface area contributed by atoms with Crippen molar-refractivity contribution in [2.45, 2.75) is 18.9 Å². The smallest absolute Gasteiger partial charge is 0.313 e. The summed E-state index contributed by atoms with van der Waals surface area (Å²) in [5.41, 5.74) is -0.586. The summed E-state index contributed by atoms with van der Waals surface area (Å²) in [6.45, 7) is 2.29. The Morgan fingerprint density at radius 1 is 1.33 bits per heavy atom. The molecule has 1 aromatic carbocycles. The average Bonchev–Trinajstić information content (AvgIpc) is 2.49. The minimum Gasteiger partial charge on any atom is -0.488 e. The van der Waals surface area contributed by atoms with Gasteiger partial charge < -0.3 is 20.0 Å². The SMILES string of the molecule is CCC1(c2c[nH]c(=O)c(=O)[nH]2)COc2cc(Cl)ccc2N1. The number of nitrogens with one attached hydrogen (secondary N) is 3. The van der Waals surface area contributed by atoms with E-state index in [4.69, 9.17) is 16.3 Å². The Morgan fingerprint density at radius 3 is 2.86 bits per heavy atom. The summed E-state index contributed by atoms with van der Waals surface area (Å²) < 4.78 is 5.77. The highest BCUT2D eigenvalue weighted by Gasteiger charge is 2.37. The van der Waals surface area contributed by atoms with Crippen molar-refractivity contribution in [1.82, 2.24) is 9.97 Å². The molecule has 1 aliphatic heterocycles. The quantitative estimate of drug-likeness (QED) is 0.739. The molecule has 3 N–H and O–H groups in total. The summed E-state index contributed by atoms with van der Waals surface area (Å²) in [6.07, 6.45) is 2.17. The molecule has 1 atom stereocenters. The van der Waals surface area contributed by atoms with Crippen molar-refractivity contribution in [2.24, 2.45) is 0 Å². The molecule has 6 nitrogen and oxygen atoms in total.